The molecule has 0 amide bonds. The van der Waals surface area contributed by atoms with E-state index in [4.69, 9.17) is 14.2 Å². The highest BCUT2D eigenvalue weighted by Crippen LogP contribution is 2.39. The summed E-state index contributed by atoms with van der Waals surface area (Å²) in [6.45, 7) is 2.37. The Balaban J connectivity index is 2.16. The second-order valence-electron chi connectivity index (χ2n) is 6.54. The summed E-state index contributed by atoms with van der Waals surface area (Å²) in [4.78, 5) is 35.8. The molecule has 7 nitrogen and oxygen atoms in total. The van der Waals surface area contributed by atoms with Gasteiger partial charge in [-0.05, 0) is 46.2 Å². The monoisotopic (exact) mass is 404 g/mol. The van der Waals surface area contributed by atoms with E-state index in [0.29, 0.717) is 11.1 Å². The maximum Gasteiger partial charge on any atom is 0.354 e. The van der Waals surface area contributed by atoms with E-state index >= 15 is 0 Å². The standard InChI is InChI=1S/C20H20O7S/c1-11(21)26-16-10-20(19(24)25-3,27-12(2)22)9-15(18(16)23)13-4-5-17-14(8-13)6-7-28-17/h4-9,16,18,23H,10H2,1-3H3. The van der Waals surface area contributed by atoms with Crippen molar-refractivity contribution in [1.29, 1.82) is 0 Å². The Labute approximate surface area is 165 Å². The maximum atomic E-state index is 12.5. The first-order chi connectivity index (χ1) is 13.3. The Bertz CT molecular complexity index is 960. The number of methoxy groups -OCH3 is 1. The van der Waals surface area contributed by atoms with Crippen LogP contribution in [-0.4, -0.2) is 47.9 Å². The predicted molar refractivity (Wildman–Crippen MR) is 102 cm³/mol. The summed E-state index contributed by atoms with van der Waals surface area (Å²) in [6, 6.07) is 7.47. The van der Waals surface area contributed by atoms with Crippen LogP contribution in [-0.2, 0) is 28.6 Å². The lowest BCUT2D eigenvalue weighted by molar-refractivity contribution is -0.182. The summed E-state index contributed by atoms with van der Waals surface area (Å²) in [5.41, 5.74) is -0.869. The highest BCUT2D eigenvalue weighted by molar-refractivity contribution is 7.17. The number of aliphatic hydroxyl groups excluding tert-OH is 1. The lowest BCUT2D eigenvalue weighted by atomic mass is 9.79. The number of ether oxygens (including phenoxy) is 3. The van der Waals surface area contributed by atoms with Gasteiger partial charge >= 0.3 is 17.9 Å². The van der Waals surface area contributed by atoms with Crippen molar-refractivity contribution in [2.24, 2.45) is 0 Å². The molecule has 3 unspecified atom stereocenters. The van der Waals surface area contributed by atoms with Crippen molar-refractivity contribution in [1.82, 2.24) is 0 Å². The Morgan fingerprint density at radius 1 is 1.18 bits per heavy atom. The normalized spacial score (nSPS) is 24.4. The van der Waals surface area contributed by atoms with Gasteiger partial charge in [0.1, 0.15) is 12.2 Å². The Morgan fingerprint density at radius 3 is 2.57 bits per heavy atom. The molecule has 3 atom stereocenters. The fourth-order valence-electron chi connectivity index (χ4n) is 3.41. The average Bonchev–Trinajstić information content (AvgIpc) is 3.10. The number of aliphatic hydroxyl groups is 1. The number of rotatable bonds is 4. The van der Waals surface area contributed by atoms with Gasteiger partial charge in [-0.25, -0.2) is 4.79 Å². The summed E-state index contributed by atoms with van der Waals surface area (Å²) < 4.78 is 16.5. The van der Waals surface area contributed by atoms with E-state index in [1.165, 1.54) is 27.0 Å². The van der Waals surface area contributed by atoms with Crippen LogP contribution in [0.15, 0.2) is 35.7 Å². The highest BCUT2D eigenvalue weighted by Gasteiger charge is 2.50. The van der Waals surface area contributed by atoms with Gasteiger partial charge < -0.3 is 19.3 Å². The van der Waals surface area contributed by atoms with Crippen LogP contribution in [0.1, 0.15) is 25.8 Å². The van der Waals surface area contributed by atoms with Gasteiger partial charge in [-0.3, -0.25) is 9.59 Å². The molecular formula is C20H20O7S. The Morgan fingerprint density at radius 2 is 1.93 bits per heavy atom. The number of carbonyl (C=O) groups excluding carboxylic acids is 3. The highest BCUT2D eigenvalue weighted by atomic mass is 32.1. The number of thiophene rings is 1. The topological polar surface area (TPSA) is 99.1 Å². The Kier molecular flexibility index (Phi) is 5.53. The zero-order valence-electron chi connectivity index (χ0n) is 15.6. The molecule has 0 saturated carbocycles. The molecule has 1 aromatic carbocycles. The number of carbonyl (C=O) groups is 3. The van der Waals surface area contributed by atoms with Crippen LogP contribution in [0, 0.1) is 0 Å². The van der Waals surface area contributed by atoms with Gasteiger partial charge in [0.2, 0.25) is 5.60 Å². The fraction of sp³-hybridized carbons (Fsp3) is 0.350. The number of fused-ring (bicyclic) bond motifs is 1. The second-order valence-corrected chi connectivity index (χ2v) is 7.49. The summed E-state index contributed by atoms with van der Waals surface area (Å²) in [7, 11) is 1.17. The zero-order valence-corrected chi connectivity index (χ0v) is 16.4. The second kappa shape index (κ2) is 7.73. The first-order valence-electron chi connectivity index (χ1n) is 8.59. The number of hydrogen-bond donors (Lipinski definition) is 1. The minimum atomic E-state index is -1.81. The summed E-state index contributed by atoms with van der Waals surface area (Å²) in [5.74, 6) is -2.15. The quantitative estimate of drug-likeness (QED) is 0.617. The van der Waals surface area contributed by atoms with Gasteiger partial charge in [-0.1, -0.05) is 6.07 Å². The SMILES string of the molecule is COC(=O)C1(OC(C)=O)C=C(c2ccc3sccc3c2)C(O)C(OC(C)=O)C1. The molecule has 1 heterocycles. The van der Waals surface area contributed by atoms with Crippen LogP contribution >= 0.6 is 11.3 Å². The molecule has 28 heavy (non-hydrogen) atoms. The van der Waals surface area contributed by atoms with Crippen molar-refractivity contribution in [3.63, 3.8) is 0 Å². The molecule has 0 saturated heterocycles. The Hall–Kier alpha value is -2.71. The lowest BCUT2D eigenvalue weighted by Crippen LogP contribution is -2.52. The van der Waals surface area contributed by atoms with Gasteiger partial charge in [-0.15, -0.1) is 11.3 Å². The summed E-state index contributed by atoms with van der Waals surface area (Å²) >= 11 is 1.57. The van der Waals surface area contributed by atoms with Crippen molar-refractivity contribution >= 4 is 44.9 Å². The molecule has 1 aromatic heterocycles. The third kappa shape index (κ3) is 3.79. The molecule has 148 valence electrons. The summed E-state index contributed by atoms with van der Waals surface area (Å²) in [6.07, 6.45) is -1.15. The molecule has 1 N–H and O–H groups in total. The number of esters is 3. The van der Waals surface area contributed by atoms with Gasteiger partial charge in [0.25, 0.3) is 0 Å². The van der Waals surface area contributed by atoms with E-state index in [2.05, 4.69) is 0 Å². The fourth-order valence-corrected chi connectivity index (χ4v) is 4.18. The molecule has 3 rings (SSSR count). The van der Waals surface area contributed by atoms with Crippen molar-refractivity contribution in [3.8, 4) is 0 Å². The van der Waals surface area contributed by atoms with Crippen LogP contribution in [0.5, 0.6) is 0 Å². The van der Waals surface area contributed by atoms with E-state index in [1.807, 2.05) is 23.6 Å². The molecule has 1 aliphatic rings. The minimum Gasteiger partial charge on any atom is -0.466 e. The first kappa shape index (κ1) is 20.0. The summed E-state index contributed by atoms with van der Waals surface area (Å²) in [5, 5.41) is 13.7. The van der Waals surface area contributed by atoms with Crippen LogP contribution in [0.4, 0.5) is 0 Å². The molecule has 0 radical (unpaired) electrons. The van der Waals surface area contributed by atoms with E-state index in [1.54, 1.807) is 17.4 Å². The van der Waals surface area contributed by atoms with E-state index < -0.39 is 35.7 Å². The molecule has 0 fully saturated rings. The van der Waals surface area contributed by atoms with Gasteiger partial charge in [0.15, 0.2) is 0 Å². The molecule has 0 spiro atoms. The van der Waals surface area contributed by atoms with Gasteiger partial charge in [0.05, 0.1) is 7.11 Å². The number of hydrogen-bond acceptors (Lipinski definition) is 8. The molecule has 1 aliphatic carbocycles. The first-order valence-corrected chi connectivity index (χ1v) is 9.47. The van der Waals surface area contributed by atoms with Crippen molar-refractivity contribution < 1.29 is 33.7 Å². The smallest absolute Gasteiger partial charge is 0.354 e. The molecule has 8 heteroatoms. The van der Waals surface area contributed by atoms with Crippen LogP contribution in [0.3, 0.4) is 0 Å². The minimum absolute atomic E-state index is 0.246. The zero-order chi connectivity index (χ0) is 20.5. The largest absolute Gasteiger partial charge is 0.466 e. The third-order valence-electron chi connectivity index (χ3n) is 4.52. The molecule has 0 aliphatic heterocycles. The van der Waals surface area contributed by atoms with Crippen molar-refractivity contribution in [2.75, 3.05) is 7.11 Å². The molecule has 0 bridgehead atoms. The number of benzene rings is 1. The molecule has 2 aromatic rings. The van der Waals surface area contributed by atoms with Crippen molar-refractivity contribution in [3.05, 3.63) is 41.3 Å². The van der Waals surface area contributed by atoms with Gasteiger partial charge in [-0.2, -0.15) is 0 Å². The average molecular weight is 404 g/mol. The maximum absolute atomic E-state index is 12.5. The van der Waals surface area contributed by atoms with E-state index in [9.17, 15) is 19.5 Å². The molecular weight excluding hydrogens is 384 g/mol. The third-order valence-corrected chi connectivity index (χ3v) is 5.42. The van der Waals surface area contributed by atoms with Crippen molar-refractivity contribution in [2.45, 2.75) is 38.1 Å². The van der Waals surface area contributed by atoms with Crippen LogP contribution in [0.25, 0.3) is 15.7 Å². The van der Waals surface area contributed by atoms with Crippen LogP contribution in [0.2, 0.25) is 0 Å². The van der Waals surface area contributed by atoms with Gasteiger partial charge in [0, 0.05) is 25.0 Å². The predicted octanol–water partition coefficient (Wildman–Crippen LogP) is 2.46. The lowest BCUT2D eigenvalue weighted by Gasteiger charge is -2.38. The van der Waals surface area contributed by atoms with E-state index in [-0.39, 0.29) is 6.42 Å². The van der Waals surface area contributed by atoms with Crippen LogP contribution < -0.4 is 0 Å². The van der Waals surface area contributed by atoms with E-state index in [0.717, 1.165) is 10.1 Å².